The first-order valence-corrected chi connectivity index (χ1v) is 4.80. The first kappa shape index (κ1) is 14.4. The average Bonchev–Trinajstić information content (AvgIpc) is 2.26. The van der Waals surface area contributed by atoms with Gasteiger partial charge in [-0.1, -0.05) is 12.1 Å². The Morgan fingerprint density at radius 1 is 1.22 bits per heavy atom. The molecular formula is C11H9F5O2. The average molecular weight is 268 g/mol. The Balaban J connectivity index is 2.83. The van der Waals surface area contributed by atoms with Crippen molar-refractivity contribution in [1.82, 2.24) is 0 Å². The molecule has 0 spiro atoms. The van der Waals surface area contributed by atoms with Crippen LogP contribution in [0, 0.1) is 6.92 Å². The lowest BCUT2D eigenvalue weighted by molar-refractivity contribution is -0.290. The van der Waals surface area contributed by atoms with Gasteiger partial charge in [0.25, 0.3) is 0 Å². The van der Waals surface area contributed by atoms with Crippen LogP contribution in [-0.4, -0.2) is 25.0 Å². The molecule has 0 aliphatic heterocycles. The van der Waals surface area contributed by atoms with Gasteiger partial charge in [-0.3, -0.25) is 4.79 Å². The van der Waals surface area contributed by atoms with Gasteiger partial charge in [-0.15, -0.1) is 0 Å². The molecule has 0 radical (unpaired) electrons. The normalized spacial score (nSPS) is 12.3. The number of carbonyl (C=O) groups excluding carboxylic acids is 1. The van der Waals surface area contributed by atoms with Crippen molar-refractivity contribution in [3.63, 3.8) is 0 Å². The Hall–Kier alpha value is -1.66. The highest BCUT2D eigenvalue weighted by molar-refractivity contribution is 5.75. The summed E-state index contributed by atoms with van der Waals surface area (Å²) < 4.78 is 65.4. The van der Waals surface area contributed by atoms with Crippen LogP contribution in [0.4, 0.5) is 22.0 Å². The lowest BCUT2D eigenvalue weighted by Crippen LogP contribution is -2.41. The van der Waals surface area contributed by atoms with Gasteiger partial charge in [0.15, 0.2) is 6.61 Å². The van der Waals surface area contributed by atoms with Crippen LogP contribution in [0.5, 0.6) is 5.75 Å². The fourth-order valence-corrected chi connectivity index (χ4v) is 1.10. The number of aldehydes is 1. The van der Waals surface area contributed by atoms with E-state index < -0.39 is 18.7 Å². The van der Waals surface area contributed by atoms with E-state index >= 15 is 0 Å². The number of rotatable bonds is 4. The monoisotopic (exact) mass is 268 g/mol. The molecule has 0 aromatic heterocycles. The van der Waals surface area contributed by atoms with Crippen LogP contribution < -0.4 is 4.74 Å². The molecule has 0 aliphatic rings. The number of alkyl halides is 5. The Labute approximate surface area is 99.4 Å². The predicted molar refractivity (Wildman–Crippen MR) is 53.1 cm³/mol. The van der Waals surface area contributed by atoms with Gasteiger partial charge >= 0.3 is 12.1 Å². The summed E-state index contributed by atoms with van der Waals surface area (Å²) in [5.41, 5.74) is 0.490. The quantitative estimate of drug-likeness (QED) is 0.618. The molecule has 0 aliphatic carbocycles. The highest BCUT2D eigenvalue weighted by Crippen LogP contribution is 2.36. The van der Waals surface area contributed by atoms with Crippen molar-refractivity contribution in [2.45, 2.75) is 19.0 Å². The Morgan fingerprint density at radius 3 is 2.33 bits per heavy atom. The molecule has 0 atom stereocenters. The topological polar surface area (TPSA) is 26.3 Å². The zero-order chi connectivity index (χ0) is 14.0. The molecule has 0 N–H and O–H groups in total. The highest BCUT2D eigenvalue weighted by atomic mass is 19.4. The molecule has 0 amide bonds. The minimum atomic E-state index is -5.66. The standard InChI is InChI=1S/C11H9F5O2/c1-7-2-3-8(5-17)4-9(7)18-6-10(12,13)11(14,15)16/h2-5H,6H2,1H3. The molecule has 1 aromatic rings. The molecule has 0 bridgehead atoms. The SMILES string of the molecule is Cc1ccc(C=O)cc1OCC(F)(F)C(F)(F)F. The number of benzene rings is 1. The molecule has 0 saturated carbocycles. The van der Waals surface area contributed by atoms with Crippen molar-refractivity contribution in [3.8, 4) is 5.75 Å². The first-order valence-electron chi connectivity index (χ1n) is 4.80. The predicted octanol–water partition coefficient (Wildman–Crippen LogP) is 3.38. The molecule has 0 fully saturated rings. The van der Waals surface area contributed by atoms with Crippen LogP contribution in [0.1, 0.15) is 15.9 Å². The summed E-state index contributed by atoms with van der Waals surface area (Å²) in [6.07, 6.45) is -5.22. The van der Waals surface area contributed by atoms with Gasteiger partial charge in [0.05, 0.1) is 0 Å². The van der Waals surface area contributed by atoms with Gasteiger partial charge in [-0.05, 0) is 18.6 Å². The number of hydrogen-bond acceptors (Lipinski definition) is 2. The second kappa shape index (κ2) is 4.91. The zero-order valence-electron chi connectivity index (χ0n) is 9.22. The lowest BCUT2D eigenvalue weighted by atomic mass is 10.1. The van der Waals surface area contributed by atoms with Gasteiger partial charge in [-0.25, -0.2) is 0 Å². The zero-order valence-corrected chi connectivity index (χ0v) is 9.22. The van der Waals surface area contributed by atoms with Crippen LogP contribution in [0.3, 0.4) is 0 Å². The molecule has 1 aromatic carbocycles. The van der Waals surface area contributed by atoms with Crippen LogP contribution >= 0.6 is 0 Å². The minimum Gasteiger partial charge on any atom is -0.487 e. The van der Waals surface area contributed by atoms with Crippen molar-refractivity contribution in [2.24, 2.45) is 0 Å². The van der Waals surface area contributed by atoms with Gasteiger partial charge < -0.3 is 4.74 Å². The number of halogens is 5. The summed E-state index contributed by atoms with van der Waals surface area (Å²) in [5.74, 6) is -5.11. The Kier molecular flexibility index (Phi) is 3.93. The third-order valence-corrected chi connectivity index (χ3v) is 2.17. The van der Waals surface area contributed by atoms with Crippen molar-refractivity contribution in [3.05, 3.63) is 29.3 Å². The molecule has 100 valence electrons. The fraction of sp³-hybridized carbons (Fsp3) is 0.364. The van der Waals surface area contributed by atoms with E-state index in [0.717, 1.165) is 6.07 Å². The van der Waals surface area contributed by atoms with Crippen molar-refractivity contribution < 1.29 is 31.5 Å². The summed E-state index contributed by atoms with van der Waals surface area (Å²) in [7, 11) is 0. The number of aryl methyl sites for hydroxylation is 1. The number of ether oxygens (including phenoxy) is 1. The number of hydrogen-bond donors (Lipinski definition) is 0. The summed E-state index contributed by atoms with van der Waals surface area (Å²) in [6, 6.07) is 3.90. The maximum absolute atomic E-state index is 12.6. The van der Waals surface area contributed by atoms with E-state index in [9.17, 15) is 26.7 Å². The van der Waals surface area contributed by atoms with Crippen LogP contribution in [0.25, 0.3) is 0 Å². The second-order valence-electron chi connectivity index (χ2n) is 3.63. The Morgan fingerprint density at radius 2 is 1.83 bits per heavy atom. The smallest absolute Gasteiger partial charge is 0.456 e. The van der Waals surface area contributed by atoms with Gasteiger partial charge in [0, 0.05) is 5.56 Å². The third kappa shape index (κ3) is 3.18. The molecule has 18 heavy (non-hydrogen) atoms. The lowest BCUT2D eigenvalue weighted by Gasteiger charge is -2.20. The van der Waals surface area contributed by atoms with E-state index in [1.165, 1.54) is 19.1 Å². The van der Waals surface area contributed by atoms with E-state index in [-0.39, 0.29) is 11.3 Å². The summed E-state index contributed by atoms with van der Waals surface area (Å²) in [4.78, 5) is 10.4. The van der Waals surface area contributed by atoms with E-state index in [4.69, 9.17) is 0 Å². The molecule has 2 nitrogen and oxygen atoms in total. The molecule has 0 saturated heterocycles. The molecule has 0 heterocycles. The number of carbonyl (C=O) groups is 1. The van der Waals surface area contributed by atoms with Crippen LogP contribution in [0.2, 0.25) is 0 Å². The second-order valence-corrected chi connectivity index (χ2v) is 3.63. The largest absolute Gasteiger partial charge is 0.487 e. The van der Waals surface area contributed by atoms with E-state index in [2.05, 4.69) is 4.74 Å². The van der Waals surface area contributed by atoms with E-state index in [1.807, 2.05) is 0 Å². The maximum atomic E-state index is 12.6. The van der Waals surface area contributed by atoms with Crippen molar-refractivity contribution >= 4 is 6.29 Å². The summed E-state index contributed by atoms with van der Waals surface area (Å²) in [5, 5.41) is 0. The summed E-state index contributed by atoms with van der Waals surface area (Å²) >= 11 is 0. The molecule has 1 rings (SSSR count). The van der Waals surface area contributed by atoms with Crippen molar-refractivity contribution in [1.29, 1.82) is 0 Å². The van der Waals surface area contributed by atoms with Gasteiger partial charge in [0.1, 0.15) is 12.0 Å². The molecule has 0 unspecified atom stereocenters. The Bertz CT molecular complexity index is 440. The molecular weight excluding hydrogens is 259 g/mol. The van der Waals surface area contributed by atoms with Crippen LogP contribution in [0.15, 0.2) is 18.2 Å². The highest BCUT2D eigenvalue weighted by Gasteiger charge is 2.58. The van der Waals surface area contributed by atoms with Crippen LogP contribution in [-0.2, 0) is 0 Å². The third-order valence-electron chi connectivity index (χ3n) is 2.17. The maximum Gasteiger partial charge on any atom is 0.456 e. The van der Waals surface area contributed by atoms with Crippen molar-refractivity contribution in [2.75, 3.05) is 6.61 Å². The van der Waals surface area contributed by atoms with Gasteiger partial charge in [0.2, 0.25) is 0 Å². The minimum absolute atomic E-state index is 0.130. The van der Waals surface area contributed by atoms with Gasteiger partial charge in [-0.2, -0.15) is 22.0 Å². The van der Waals surface area contributed by atoms with E-state index in [1.54, 1.807) is 0 Å². The summed E-state index contributed by atoms with van der Waals surface area (Å²) in [6.45, 7) is -0.352. The first-order chi connectivity index (χ1) is 8.17. The fourth-order valence-electron chi connectivity index (χ4n) is 1.10. The van der Waals surface area contributed by atoms with E-state index in [0.29, 0.717) is 11.8 Å². The molecule has 7 heteroatoms.